The molecule has 0 saturated heterocycles. The number of alkyl halides is 3. The van der Waals surface area contributed by atoms with E-state index in [1.807, 2.05) is 0 Å². The zero-order valence-corrected chi connectivity index (χ0v) is 9.70. The maximum absolute atomic E-state index is 10.7. The number of hydrogen-bond acceptors (Lipinski definition) is 4. The first kappa shape index (κ1) is 16.3. The molecule has 0 amide bonds. The van der Waals surface area contributed by atoms with Crippen molar-refractivity contribution in [2.75, 3.05) is 0 Å². The molecule has 0 aliphatic heterocycles. The minimum absolute atomic E-state index is 0.183. The van der Waals surface area contributed by atoms with Crippen molar-refractivity contribution in [3.05, 3.63) is 39.9 Å². The minimum atomic E-state index is -5.84. The molecule has 0 aliphatic carbocycles. The Morgan fingerprint density at radius 2 is 1.67 bits per heavy atom. The molecule has 0 radical (unpaired) electrons. The van der Waals surface area contributed by atoms with Crippen molar-refractivity contribution in [3.8, 4) is 0 Å². The molecule has 0 aliphatic rings. The highest BCUT2D eigenvalue weighted by Gasteiger charge is 2.44. The summed E-state index contributed by atoms with van der Waals surface area (Å²) in [4.78, 5) is 9.85. The molecule has 1 rings (SSSR count). The van der Waals surface area contributed by atoms with E-state index >= 15 is 0 Å². The van der Waals surface area contributed by atoms with Crippen molar-refractivity contribution < 1.29 is 31.1 Å². The molecule has 0 aromatic heterocycles. The molecule has 10 heteroatoms. The van der Waals surface area contributed by atoms with Gasteiger partial charge in [-0.3, -0.25) is 14.7 Å². The van der Waals surface area contributed by atoms with Gasteiger partial charge in [-0.05, 0) is 6.92 Å². The number of benzene rings is 1. The van der Waals surface area contributed by atoms with Gasteiger partial charge in [0.2, 0.25) is 0 Å². The van der Waals surface area contributed by atoms with Crippen LogP contribution in [0.5, 0.6) is 0 Å². The molecular weight excluding hydrogens is 279 g/mol. The number of nitro benzene ring substituents is 1. The highest BCUT2D eigenvalue weighted by Crippen LogP contribution is 2.20. The van der Waals surface area contributed by atoms with Gasteiger partial charge >= 0.3 is 15.6 Å². The molecule has 1 aromatic rings. The summed E-state index contributed by atoms with van der Waals surface area (Å²) in [5.41, 5.74) is -4.65. The Balaban J connectivity index is 0.000000331. The van der Waals surface area contributed by atoms with E-state index in [-0.39, 0.29) is 10.6 Å². The molecule has 0 unspecified atom stereocenters. The fraction of sp³-hybridized carbons (Fsp3) is 0.250. The van der Waals surface area contributed by atoms with Crippen molar-refractivity contribution in [1.29, 1.82) is 0 Å². The van der Waals surface area contributed by atoms with E-state index in [0.29, 0.717) is 5.56 Å². The first-order valence-corrected chi connectivity index (χ1v) is 5.64. The number of para-hydroxylation sites is 1. The topological polar surface area (TPSA) is 97.5 Å². The largest absolute Gasteiger partial charge is 0.522 e. The van der Waals surface area contributed by atoms with Gasteiger partial charge in [-0.15, -0.1) is 0 Å². The van der Waals surface area contributed by atoms with Crippen LogP contribution in [0.4, 0.5) is 18.9 Å². The molecule has 6 nitrogen and oxygen atoms in total. The lowest BCUT2D eigenvalue weighted by atomic mass is 10.2. The van der Waals surface area contributed by atoms with Crippen molar-refractivity contribution in [1.82, 2.24) is 0 Å². The lowest BCUT2D eigenvalue weighted by Crippen LogP contribution is -2.21. The maximum atomic E-state index is 10.7. The summed E-state index contributed by atoms with van der Waals surface area (Å²) in [6.07, 6.45) is 0. The van der Waals surface area contributed by atoms with Crippen LogP contribution in [0, 0.1) is 17.0 Å². The molecule has 0 fully saturated rings. The van der Waals surface area contributed by atoms with Crippen LogP contribution >= 0.6 is 0 Å². The van der Waals surface area contributed by atoms with Gasteiger partial charge in [-0.2, -0.15) is 21.6 Å². The predicted molar refractivity (Wildman–Crippen MR) is 55.4 cm³/mol. The number of aryl methyl sites for hydroxylation is 1. The number of rotatable bonds is 1. The van der Waals surface area contributed by atoms with Crippen LogP contribution in [0.2, 0.25) is 0 Å². The van der Waals surface area contributed by atoms with Gasteiger partial charge in [-0.1, -0.05) is 18.2 Å². The smallest absolute Gasteiger partial charge is 0.279 e. The average molecular weight is 287 g/mol. The van der Waals surface area contributed by atoms with Gasteiger partial charge < -0.3 is 0 Å². The average Bonchev–Trinajstić information content (AvgIpc) is 2.15. The highest BCUT2D eigenvalue weighted by molar-refractivity contribution is 7.86. The lowest BCUT2D eigenvalue weighted by Gasteiger charge is -1.97. The van der Waals surface area contributed by atoms with Gasteiger partial charge in [0.1, 0.15) is 0 Å². The summed E-state index contributed by atoms with van der Waals surface area (Å²) in [6, 6.07) is 6.65. The summed E-state index contributed by atoms with van der Waals surface area (Å²) >= 11 is 0. The van der Waals surface area contributed by atoms with E-state index in [1.165, 1.54) is 6.07 Å². The molecule has 1 N–H and O–H groups in total. The number of nitro groups is 1. The van der Waals surface area contributed by atoms with E-state index in [0.717, 1.165) is 0 Å². The second kappa shape index (κ2) is 5.78. The lowest BCUT2D eigenvalue weighted by molar-refractivity contribution is -0.385. The summed E-state index contributed by atoms with van der Waals surface area (Å²) < 4.78 is 57.5. The molecule has 0 atom stereocenters. The van der Waals surface area contributed by atoms with Crippen molar-refractivity contribution >= 4 is 15.8 Å². The number of nitrogens with zero attached hydrogens (tertiary/aromatic N) is 1. The predicted octanol–water partition coefficient (Wildman–Crippen LogP) is 2.30. The normalized spacial score (nSPS) is 11.4. The summed E-state index contributed by atoms with van der Waals surface area (Å²) in [7, 11) is -5.84. The SMILES string of the molecule is Cc1ccccc1[N+](=O)[O-].O=S(=O)(O)C(F)(F)F. The van der Waals surface area contributed by atoms with Crippen molar-refractivity contribution in [3.63, 3.8) is 0 Å². The van der Waals surface area contributed by atoms with Crippen LogP contribution in [0.3, 0.4) is 0 Å². The molecule has 0 saturated carbocycles. The third-order valence-electron chi connectivity index (χ3n) is 1.60. The van der Waals surface area contributed by atoms with Crippen molar-refractivity contribution in [2.45, 2.75) is 12.4 Å². The van der Waals surface area contributed by atoms with Gasteiger partial charge in [0.05, 0.1) is 4.92 Å². The quantitative estimate of drug-likeness (QED) is 0.370. The fourth-order valence-electron chi connectivity index (χ4n) is 0.768. The summed E-state index contributed by atoms with van der Waals surface area (Å²) in [5.74, 6) is 0. The fourth-order valence-corrected chi connectivity index (χ4v) is 0.768. The van der Waals surface area contributed by atoms with E-state index < -0.39 is 15.6 Å². The third-order valence-corrected chi connectivity index (χ3v) is 2.19. The first-order chi connectivity index (χ1) is 7.97. The van der Waals surface area contributed by atoms with E-state index in [1.54, 1.807) is 25.1 Å². The molecule has 18 heavy (non-hydrogen) atoms. The van der Waals surface area contributed by atoms with Gasteiger partial charge in [0.25, 0.3) is 5.69 Å². The Bertz CT molecular complexity index is 526. The second-order valence-electron chi connectivity index (χ2n) is 2.96. The van der Waals surface area contributed by atoms with E-state index in [2.05, 4.69) is 0 Å². The molecule has 0 heterocycles. The molecule has 102 valence electrons. The summed E-state index contributed by atoms with van der Waals surface area (Å²) in [6.45, 7) is 1.72. The third kappa shape index (κ3) is 5.10. The minimum Gasteiger partial charge on any atom is -0.279 e. The standard InChI is InChI=1S/C7H7NO2.CHF3O3S/c1-6-4-2-3-5-7(6)8(9)10;2-1(3,4)8(5,6)7/h2-5H,1H3;(H,5,6,7). The van der Waals surface area contributed by atoms with Crippen LogP contribution in [0.15, 0.2) is 24.3 Å². The van der Waals surface area contributed by atoms with Gasteiger partial charge in [0, 0.05) is 11.6 Å². The molecular formula is C8H8F3NO5S. The monoisotopic (exact) mass is 287 g/mol. The van der Waals surface area contributed by atoms with Gasteiger partial charge in [0.15, 0.2) is 0 Å². The Morgan fingerprint density at radius 1 is 1.28 bits per heavy atom. The Kier molecular flexibility index (Phi) is 5.24. The highest BCUT2D eigenvalue weighted by atomic mass is 32.2. The molecule has 0 spiro atoms. The first-order valence-electron chi connectivity index (χ1n) is 4.20. The van der Waals surface area contributed by atoms with E-state index in [4.69, 9.17) is 13.0 Å². The Morgan fingerprint density at radius 3 is 1.89 bits per heavy atom. The zero-order valence-electron chi connectivity index (χ0n) is 8.88. The van der Waals surface area contributed by atoms with Crippen molar-refractivity contribution in [2.24, 2.45) is 0 Å². The van der Waals surface area contributed by atoms with Gasteiger partial charge in [-0.25, -0.2) is 0 Å². The van der Waals surface area contributed by atoms with E-state index in [9.17, 15) is 23.3 Å². The summed E-state index contributed by atoms with van der Waals surface area (Å²) in [5, 5.41) is 10.2. The zero-order chi connectivity index (χ0) is 14.6. The molecule has 1 aromatic carbocycles. The van der Waals surface area contributed by atoms with Crippen LogP contribution in [-0.2, 0) is 10.1 Å². The second-order valence-corrected chi connectivity index (χ2v) is 4.38. The van der Waals surface area contributed by atoms with Crippen LogP contribution in [0.25, 0.3) is 0 Å². The number of halogens is 3. The van der Waals surface area contributed by atoms with Crippen LogP contribution in [0.1, 0.15) is 5.56 Å². The Hall–Kier alpha value is -1.68. The van der Waals surface area contributed by atoms with Crippen LogP contribution in [-0.4, -0.2) is 23.4 Å². The number of hydrogen-bond donors (Lipinski definition) is 1. The molecule has 0 bridgehead atoms. The van der Waals surface area contributed by atoms with Crippen LogP contribution < -0.4 is 0 Å². The Labute approximate surface area is 99.9 Å². The maximum Gasteiger partial charge on any atom is 0.522 e.